The van der Waals surface area contributed by atoms with E-state index < -0.39 is 0 Å². The zero-order chi connectivity index (χ0) is 5.49. The second-order valence-electron chi connectivity index (χ2n) is 2.50. The minimum Gasteiger partial charge on any atom is -0.394 e. The molecule has 2 atom stereocenters. The second-order valence-corrected chi connectivity index (χ2v) is 2.50. The number of nitrogens with two attached hydrogens (primary N) is 1. The van der Waals surface area contributed by atoms with E-state index in [2.05, 4.69) is 6.92 Å². The van der Waals surface area contributed by atoms with Gasteiger partial charge in [0.1, 0.15) is 0 Å². The molecule has 0 aromatic heterocycles. The first-order valence-electron chi connectivity index (χ1n) is 2.59. The molecule has 1 saturated carbocycles. The first-order valence-corrected chi connectivity index (χ1v) is 2.59. The third-order valence-electron chi connectivity index (χ3n) is 1.80. The van der Waals surface area contributed by atoms with Crippen LogP contribution in [0.1, 0.15) is 13.3 Å². The van der Waals surface area contributed by atoms with Crippen LogP contribution in [0.3, 0.4) is 0 Å². The lowest BCUT2D eigenvalue weighted by Gasteiger charge is -2.00. The maximum Gasteiger partial charge on any atom is 0.0613 e. The molecule has 0 heterocycles. The summed E-state index contributed by atoms with van der Waals surface area (Å²) in [5, 5.41) is 8.51. The smallest absolute Gasteiger partial charge is 0.0613 e. The van der Waals surface area contributed by atoms with Crippen molar-refractivity contribution < 1.29 is 5.11 Å². The van der Waals surface area contributed by atoms with Crippen LogP contribution in [0.15, 0.2) is 0 Å². The zero-order valence-electron chi connectivity index (χ0n) is 4.52. The largest absolute Gasteiger partial charge is 0.394 e. The highest BCUT2D eigenvalue weighted by atomic mass is 16.3. The fraction of sp³-hybridized carbons (Fsp3) is 1.00. The molecule has 0 bridgehead atoms. The predicted molar refractivity (Wildman–Crippen MR) is 27.8 cm³/mol. The number of rotatable bonds is 1. The molecule has 0 aliphatic heterocycles. The molecule has 0 unspecified atom stereocenters. The van der Waals surface area contributed by atoms with Gasteiger partial charge in [-0.1, -0.05) is 6.92 Å². The summed E-state index contributed by atoms with van der Waals surface area (Å²) in [7, 11) is 0. The molecule has 1 aliphatic carbocycles. The van der Waals surface area contributed by atoms with Crippen LogP contribution in [-0.2, 0) is 0 Å². The Kier molecular flexibility index (Phi) is 0.869. The van der Waals surface area contributed by atoms with E-state index in [0.717, 1.165) is 6.42 Å². The molecule has 1 rings (SSSR count). The molecule has 0 saturated heterocycles. The van der Waals surface area contributed by atoms with Gasteiger partial charge in [0.25, 0.3) is 0 Å². The maximum absolute atomic E-state index is 8.51. The Hall–Kier alpha value is -0.0800. The summed E-state index contributed by atoms with van der Waals surface area (Å²) in [5.41, 5.74) is 5.34. The van der Waals surface area contributed by atoms with Crippen molar-refractivity contribution in [2.24, 2.45) is 11.7 Å². The van der Waals surface area contributed by atoms with Crippen LogP contribution >= 0.6 is 0 Å². The van der Waals surface area contributed by atoms with E-state index in [9.17, 15) is 0 Å². The SMILES string of the molecule is C[C@H]1C[C@]1(N)CO. The van der Waals surface area contributed by atoms with E-state index in [4.69, 9.17) is 10.8 Å². The summed E-state index contributed by atoms with van der Waals surface area (Å²) >= 11 is 0. The van der Waals surface area contributed by atoms with E-state index >= 15 is 0 Å². The predicted octanol–water partition coefficient (Wildman–Crippen LogP) is -0.284. The van der Waals surface area contributed by atoms with Gasteiger partial charge in [0, 0.05) is 5.54 Å². The highest BCUT2D eigenvalue weighted by molar-refractivity contribution is 5.04. The molecular weight excluding hydrogens is 90.1 g/mol. The molecule has 3 N–H and O–H groups in total. The van der Waals surface area contributed by atoms with Gasteiger partial charge in [-0.2, -0.15) is 0 Å². The third kappa shape index (κ3) is 0.640. The molecule has 1 aliphatic rings. The van der Waals surface area contributed by atoms with Gasteiger partial charge in [0.15, 0.2) is 0 Å². The molecular formula is C5H11NO. The lowest BCUT2D eigenvalue weighted by molar-refractivity contribution is 0.249. The van der Waals surface area contributed by atoms with Gasteiger partial charge in [-0.05, 0) is 12.3 Å². The van der Waals surface area contributed by atoms with Crippen molar-refractivity contribution in [3.8, 4) is 0 Å². The van der Waals surface area contributed by atoms with Crippen LogP contribution in [0.25, 0.3) is 0 Å². The lowest BCUT2D eigenvalue weighted by atomic mass is 10.3. The van der Waals surface area contributed by atoms with E-state index in [0.29, 0.717) is 5.92 Å². The van der Waals surface area contributed by atoms with E-state index in [1.165, 1.54) is 0 Å². The zero-order valence-corrected chi connectivity index (χ0v) is 4.52. The summed E-state index contributed by atoms with van der Waals surface area (Å²) in [6, 6.07) is 0. The summed E-state index contributed by atoms with van der Waals surface area (Å²) in [5.74, 6) is 0.539. The average Bonchev–Trinajstić information content (AvgIpc) is 2.18. The Balaban J connectivity index is 2.36. The fourth-order valence-electron chi connectivity index (χ4n) is 0.732. The van der Waals surface area contributed by atoms with Crippen LogP contribution in [0.2, 0.25) is 0 Å². The van der Waals surface area contributed by atoms with Gasteiger partial charge in [0.2, 0.25) is 0 Å². The molecule has 2 nitrogen and oxygen atoms in total. The van der Waals surface area contributed by atoms with E-state index in [-0.39, 0.29) is 12.1 Å². The van der Waals surface area contributed by atoms with Crippen molar-refractivity contribution in [1.82, 2.24) is 0 Å². The monoisotopic (exact) mass is 101 g/mol. The van der Waals surface area contributed by atoms with Gasteiger partial charge in [-0.15, -0.1) is 0 Å². The van der Waals surface area contributed by atoms with E-state index in [1.54, 1.807) is 0 Å². The molecule has 0 radical (unpaired) electrons. The van der Waals surface area contributed by atoms with Crippen LogP contribution in [0, 0.1) is 5.92 Å². The Morgan fingerprint density at radius 3 is 2.43 bits per heavy atom. The van der Waals surface area contributed by atoms with Crippen LogP contribution < -0.4 is 5.73 Å². The molecule has 0 aromatic carbocycles. The van der Waals surface area contributed by atoms with Crippen LogP contribution in [-0.4, -0.2) is 17.3 Å². The molecule has 1 fully saturated rings. The van der Waals surface area contributed by atoms with Crippen molar-refractivity contribution in [2.75, 3.05) is 6.61 Å². The van der Waals surface area contributed by atoms with Crippen LogP contribution in [0.4, 0.5) is 0 Å². The summed E-state index contributed by atoms with van der Waals surface area (Å²) in [6.07, 6.45) is 0.990. The first kappa shape index (κ1) is 5.06. The van der Waals surface area contributed by atoms with Gasteiger partial charge in [0.05, 0.1) is 6.61 Å². The van der Waals surface area contributed by atoms with E-state index in [1.807, 2.05) is 0 Å². The van der Waals surface area contributed by atoms with Gasteiger partial charge >= 0.3 is 0 Å². The standard InChI is InChI=1S/C5H11NO/c1-4-2-5(4,6)3-7/h4,7H,2-3,6H2,1H3/t4-,5-/m0/s1. The number of hydrogen-bond donors (Lipinski definition) is 2. The molecule has 42 valence electrons. The Labute approximate surface area is 43.3 Å². The first-order chi connectivity index (χ1) is 3.19. The normalized spacial score (nSPS) is 49.3. The Morgan fingerprint density at radius 2 is 2.43 bits per heavy atom. The van der Waals surface area contributed by atoms with Gasteiger partial charge in [-0.3, -0.25) is 0 Å². The average molecular weight is 101 g/mol. The van der Waals surface area contributed by atoms with Crippen molar-refractivity contribution in [2.45, 2.75) is 18.9 Å². The summed E-state index contributed by atoms with van der Waals surface area (Å²) < 4.78 is 0. The minimum absolute atomic E-state index is 0.147. The Bertz CT molecular complexity index is 80.1. The van der Waals surface area contributed by atoms with Crippen molar-refractivity contribution >= 4 is 0 Å². The molecule has 2 heteroatoms. The Morgan fingerprint density at radius 1 is 2.00 bits per heavy atom. The van der Waals surface area contributed by atoms with Crippen molar-refractivity contribution in [3.63, 3.8) is 0 Å². The second kappa shape index (κ2) is 1.20. The minimum atomic E-state index is -0.194. The highest BCUT2D eigenvalue weighted by Crippen LogP contribution is 2.39. The number of hydrogen-bond acceptors (Lipinski definition) is 2. The number of aliphatic hydroxyl groups is 1. The molecule has 0 spiro atoms. The molecule has 0 amide bonds. The van der Waals surface area contributed by atoms with Gasteiger partial charge in [-0.25, -0.2) is 0 Å². The van der Waals surface area contributed by atoms with Crippen molar-refractivity contribution in [3.05, 3.63) is 0 Å². The molecule has 7 heavy (non-hydrogen) atoms. The topological polar surface area (TPSA) is 46.2 Å². The highest BCUT2D eigenvalue weighted by Gasteiger charge is 2.46. The maximum atomic E-state index is 8.51. The quantitative estimate of drug-likeness (QED) is 0.477. The summed E-state index contributed by atoms with van der Waals surface area (Å²) in [4.78, 5) is 0. The number of aliphatic hydroxyl groups excluding tert-OH is 1. The third-order valence-corrected chi connectivity index (χ3v) is 1.80. The molecule has 0 aromatic rings. The fourth-order valence-corrected chi connectivity index (χ4v) is 0.732. The summed E-state index contributed by atoms with van der Waals surface area (Å²) in [6.45, 7) is 2.20. The van der Waals surface area contributed by atoms with Crippen molar-refractivity contribution in [1.29, 1.82) is 0 Å². The van der Waals surface area contributed by atoms with Gasteiger partial charge < -0.3 is 10.8 Å². The lowest BCUT2D eigenvalue weighted by Crippen LogP contribution is -2.28. The van der Waals surface area contributed by atoms with Crippen LogP contribution in [0.5, 0.6) is 0 Å².